The summed E-state index contributed by atoms with van der Waals surface area (Å²) in [6.07, 6.45) is 7.84. The maximum Gasteiger partial charge on any atom is 0.330 e. The van der Waals surface area contributed by atoms with Gasteiger partial charge in [0.1, 0.15) is 11.8 Å². The predicted octanol–water partition coefficient (Wildman–Crippen LogP) is 4.68. The Labute approximate surface area is 206 Å². The van der Waals surface area contributed by atoms with Crippen LogP contribution in [0.3, 0.4) is 0 Å². The third-order valence-electron chi connectivity index (χ3n) is 6.84. The molecule has 0 aromatic heterocycles. The normalized spacial score (nSPS) is 21.4. The molecular formula is C28H32N2O5. The number of hydrogen-bond acceptors (Lipinski definition) is 5. The Morgan fingerprint density at radius 1 is 1.06 bits per heavy atom. The maximum atomic E-state index is 13.7. The van der Waals surface area contributed by atoms with E-state index in [0.29, 0.717) is 35.9 Å². The number of methoxy groups -OCH3 is 1. The molecular weight excluding hydrogens is 444 g/mol. The summed E-state index contributed by atoms with van der Waals surface area (Å²) >= 11 is 0. The molecule has 0 spiro atoms. The first-order valence-electron chi connectivity index (χ1n) is 12.2. The maximum absolute atomic E-state index is 13.7. The number of hydrogen-bond donors (Lipinski definition) is 1. The van der Waals surface area contributed by atoms with Crippen LogP contribution in [0.5, 0.6) is 5.75 Å². The number of esters is 1. The monoisotopic (exact) mass is 476 g/mol. The van der Waals surface area contributed by atoms with Gasteiger partial charge in [-0.25, -0.2) is 4.79 Å². The molecule has 1 saturated heterocycles. The minimum absolute atomic E-state index is 0.0623. The van der Waals surface area contributed by atoms with Crippen molar-refractivity contribution in [3.05, 3.63) is 65.7 Å². The fourth-order valence-electron chi connectivity index (χ4n) is 5.20. The molecule has 2 aromatic rings. The second-order valence-electron chi connectivity index (χ2n) is 8.97. The number of fused-ring (bicyclic) bond motifs is 1. The molecule has 2 aromatic carbocycles. The molecule has 1 aliphatic heterocycles. The Kier molecular flexibility index (Phi) is 7.85. The first-order valence-corrected chi connectivity index (χ1v) is 12.2. The average molecular weight is 477 g/mol. The van der Waals surface area contributed by atoms with E-state index in [0.717, 1.165) is 31.2 Å². The summed E-state index contributed by atoms with van der Waals surface area (Å²) in [5, 5.41) is 2.99. The van der Waals surface area contributed by atoms with Gasteiger partial charge < -0.3 is 19.7 Å². The molecule has 1 saturated carbocycles. The van der Waals surface area contributed by atoms with Gasteiger partial charge in [0, 0.05) is 17.8 Å². The van der Waals surface area contributed by atoms with Gasteiger partial charge in [-0.05, 0) is 68.0 Å². The van der Waals surface area contributed by atoms with Crippen LogP contribution in [0, 0.1) is 5.92 Å². The lowest BCUT2D eigenvalue weighted by atomic mass is 9.84. The van der Waals surface area contributed by atoms with Crippen LogP contribution in [0.1, 0.15) is 54.9 Å². The SMILES string of the molecule is CCOC(=O)/C=C/c1ccc(NC(=O)C2CC3CCCCC3N2C(=O)c2ccccc2OC)cc1. The van der Waals surface area contributed by atoms with Crippen molar-refractivity contribution in [1.29, 1.82) is 0 Å². The Balaban J connectivity index is 1.51. The molecule has 4 rings (SSSR count). The number of benzene rings is 2. The molecule has 35 heavy (non-hydrogen) atoms. The minimum Gasteiger partial charge on any atom is -0.496 e. The van der Waals surface area contributed by atoms with E-state index >= 15 is 0 Å². The highest BCUT2D eigenvalue weighted by atomic mass is 16.5. The molecule has 2 aliphatic rings. The highest BCUT2D eigenvalue weighted by Gasteiger charge is 2.48. The Morgan fingerprint density at radius 3 is 2.54 bits per heavy atom. The van der Waals surface area contributed by atoms with E-state index in [1.54, 1.807) is 49.3 Å². The summed E-state index contributed by atoms with van der Waals surface area (Å²) in [6, 6.07) is 13.9. The number of anilines is 1. The van der Waals surface area contributed by atoms with Crippen LogP contribution in [-0.2, 0) is 14.3 Å². The number of para-hydroxylation sites is 1. The molecule has 0 bridgehead atoms. The standard InChI is InChI=1S/C28H32N2O5/c1-3-35-26(31)17-14-19-12-15-21(16-13-19)29-27(32)24-18-20-8-4-6-10-23(20)30(24)28(33)22-9-5-7-11-25(22)34-2/h5,7,9,11-17,20,23-24H,3-4,6,8,10,18H2,1-2H3,(H,29,32)/b17-14+. The minimum atomic E-state index is -0.538. The van der Waals surface area contributed by atoms with E-state index in [1.807, 2.05) is 24.3 Å². The Hall–Kier alpha value is -3.61. The summed E-state index contributed by atoms with van der Waals surface area (Å²) in [6.45, 7) is 2.08. The molecule has 3 atom stereocenters. The zero-order valence-electron chi connectivity index (χ0n) is 20.2. The van der Waals surface area contributed by atoms with E-state index < -0.39 is 12.0 Å². The van der Waals surface area contributed by atoms with Crippen molar-refractivity contribution in [2.45, 2.75) is 51.1 Å². The number of likely N-dealkylation sites (tertiary alicyclic amines) is 1. The van der Waals surface area contributed by atoms with Gasteiger partial charge in [0.2, 0.25) is 5.91 Å². The van der Waals surface area contributed by atoms with Crippen LogP contribution in [-0.4, -0.2) is 48.5 Å². The fourth-order valence-corrected chi connectivity index (χ4v) is 5.20. The van der Waals surface area contributed by atoms with Crippen LogP contribution in [0.2, 0.25) is 0 Å². The van der Waals surface area contributed by atoms with Crippen LogP contribution >= 0.6 is 0 Å². The number of carbonyl (C=O) groups excluding carboxylic acids is 3. The van der Waals surface area contributed by atoms with Gasteiger partial charge >= 0.3 is 5.97 Å². The molecule has 2 amide bonds. The number of ether oxygens (including phenoxy) is 2. The second kappa shape index (κ2) is 11.2. The Bertz CT molecular complexity index is 1090. The molecule has 7 heteroatoms. The lowest BCUT2D eigenvalue weighted by Gasteiger charge is -2.34. The molecule has 2 fully saturated rings. The van der Waals surface area contributed by atoms with Crippen molar-refractivity contribution >= 4 is 29.5 Å². The molecule has 184 valence electrons. The van der Waals surface area contributed by atoms with Gasteiger partial charge in [0.25, 0.3) is 5.91 Å². The first-order chi connectivity index (χ1) is 17.0. The molecule has 0 radical (unpaired) electrons. The molecule has 1 aliphatic carbocycles. The van der Waals surface area contributed by atoms with Crippen molar-refractivity contribution in [1.82, 2.24) is 4.90 Å². The summed E-state index contributed by atoms with van der Waals surface area (Å²) in [7, 11) is 1.55. The lowest BCUT2D eigenvalue weighted by molar-refractivity contribution is -0.137. The molecule has 7 nitrogen and oxygen atoms in total. The number of rotatable bonds is 7. The average Bonchev–Trinajstić information content (AvgIpc) is 3.28. The van der Waals surface area contributed by atoms with E-state index in [2.05, 4.69) is 5.32 Å². The first kappa shape index (κ1) is 24.5. The molecule has 1 heterocycles. The number of carbonyl (C=O) groups is 3. The zero-order valence-corrected chi connectivity index (χ0v) is 20.2. The summed E-state index contributed by atoms with van der Waals surface area (Å²) in [5.41, 5.74) is 1.94. The lowest BCUT2D eigenvalue weighted by Crippen LogP contribution is -2.47. The van der Waals surface area contributed by atoms with Crippen LogP contribution in [0.4, 0.5) is 5.69 Å². The van der Waals surface area contributed by atoms with Crippen LogP contribution in [0.25, 0.3) is 6.08 Å². The van der Waals surface area contributed by atoms with Gasteiger partial charge in [0.15, 0.2) is 0 Å². The van der Waals surface area contributed by atoms with Crippen LogP contribution in [0.15, 0.2) is 54.6 Å². The molecule has 1 N–H and O–H groups in total. The molecule has 3 unspecified atom stereocenters. The van der Waals surface area contributed by atoms with Crippen molar-refractivity contribution < 1.29 is 23.9 Å². The number of nitrogens with zero attached hydrogens (tertiary/aromatic N) is 1. The number of nitrogens with one attached hydrogen (secondary N) is 1. The van der Waals surface area contributed by atoms with E-state index in [1.165, 1.54) is 6.08 Å². The van der Waals surface area contributed by atoms with Gasteiger partial charge in [0.05, 0.1) is 19.3 Å². The highest BCUT2D eigenvalue weighted by Crippen LogP contribution is 2.41. The summed E-state index contributed by atoms with van der Waals surface area (Å²) in [5.74, 6) is 0.109. The van der Waals surface area contributed by atoms with Crippen molar-refractivity contribution in [2.75, 3.05) is 19.0 Å². The van der Waals surface area contributed by atoms with Crippen LogP contribution < -0.4 is 10.1 Å². The van der Waals surface area contributed by atoms with Crippen molar-refractivity contribution in [3.63, 3.8) is 0 Å². The summed E-state index contributed by atoms with van der Waals surface area (Å²) in [4.78, 5) is 40.4. The fraction of sp³-hybridized carbons (Fsp3) is 0.393. The zero-order chi connectivity index (χ0) is 24.8. The van der Waals surface area contributed by atoms with E-state index in [9.17, 15) is 14.4 Å². The van der Waals surface area contributed by atoms with Crippen molar-refractivity contribution in [3.8, 4) is 5.75 Å². The van der Waals surface area contributed by atoms with Gasteiger partial charge in [-0.15, -0.1) is 0 Å². The van der Waals surface area contributed by atoms with E-state index in [-0.39, 0.29) is 17.9 Å². The summed E-state index contributed by atoms with van der Waals surface area (Å²) < 4.78 is 10.3. The smallest absolute Gasteiger partial charge is 0.330 e. The largest absolute Gasteiger partial charge is 0.496 e. The van der Waals surface area contributed by atoms with Gasteiger partial charge in [-0.2, -0.15) is 0 Å². The highest BCUT2D eigenvalue weighted by molar-refractivity contribution is 6.03. The van der Waals surface area contributed by atoms with Gasteiger partial charge in [-0.3, -0.25) is 9.59 Å². The predicted molar refractivity (Wildman–Crippen MR) is 134 cm³/mol. The third kappa shape index (κ3) is 5.56. The van der Waals surface area contributed by atoms with E-state index in [4.69, 9.17) is 9.47 Å². The van der Waals surface area contributed by atoms with Gasteiger partial charge in [-0.1, -0.05) is 37.1 Å². The third-order valence-corrected chi connectivity index (χ3v) is 6.84. The topological polar surface area (TPSA) is 84.9 Å². The van der Waals surface area contributed by atoms with Crippen molar-refractivity contribution in [2.24, 2.45) is 5.92 Å². The quantitative estimate of drug-likeness (QED) is 0.463. The Morgan fingerprint density at radius 2 is 1.80 bits per heavy atom. The second-order valence-corrected chi connectivity index (χ2v) is 8.97. The number of amides is 2.